The first kappa shape index (κ1) is 14.0. The van der Waals surface area contributed by atoms with E-state index in [0.29, 0.717) is 12.0 Å². The lowest BCUT2D eigenvalue weighted by molar-refractivity contribution is 0.669. The molecular formula is C24H17NO. The first-order valence-corrected chi connectivity index (χ1v) is 9.04. The van der Waals surface area contributed by atoms with Crippen molar-refractivity contribution < 1.29 is 4.42 Å². The monoisotopic (exact) mass is 335 g/mol. The fourth-order valence-electron chi connectivity index (χ4n) is 4.39. The molecule has 4 aromatic rings. The summed E-state index contributed by atoms with van der Waals surface area (Å²) in [6.07, 6.45) is 6.94. The first-order valence-electron chi connectivity index (χ1n) is 9.04. The number of allylic oxidation sites excluding steroid dienone is 2. The number of rotatable bonds is 1. The van der Waals surface area contributed by atoms with Crippen LogP contribution in [0.15, 0.2) is 89.4 Å². The third-order valence-corrected chi connectivity index (χ3v) is 5.58. The molecule has 2 atom stereocenters. The van der Waals surface area contributed by atoms with Crippen LogP contribution in [-0.4, -0.2) is 6.04 Å². The van der Waals surface area contributed by atoms with Crippen LogP contribution >= 0.6 is 0 Å². The van der Waals surface area contributed by atoms with E-state index in [1.54, 1.807) is 0 Å². The number of nitrogens with one attached hydrogen (secondary N) is 1. The minimum atomic E-state index is 0.344. The molecule has 2 unspecified atom stereocenters. The van der Waals surface area contributed by atoms with Crippen LogP contribution < -0.4 is 5.32 Å². The molecule has 0 spiro atoms. The minimum Gasteiger partial charge on any atom is -0.456 e. The molecule has 1 N–H and O–H groups in total. The van der Waals surface area contributed by atoms with Gasteiger partial charge in [-0.1, -0.05) is 66.8 Å². The Balaban J connectivity index is 1.57. The Morgan fingerprint density at radius 2 is 1.65 bits per heavy atom. The SMILES string of the molecule is C1=CC2Nc3ccccc3C2C=C1c1cccc2oc3ccccc3c12. The highest BCUT2D eigenvalue weighted by Crippen LogP contribution is 2.43. The summed E-state index contributed by atoms with van der Waals surface area (Å²) in [5, 5.41) is 6.01. The van der Waals surface area contributed by atoms with Crippen molar-refractivity contribution in [2.45, 2.75) is 12.0 Å². The summed E-state index contributed by atoms with van der Waals surface area (Å²) < 4.78 is 6.06. The number of benzene rings is 3. The van der Waals surface area contributed by atoms with Gasteiger partial charge in [0, 0.05) is 22.4 Å². The molecule has 2 heterocycles. The number of hydrogen-bond donors (Lipinski definition) is 1. The summed E-state index contributed by atoms with van der Waals surface area (Å²) in [6, 6.07) is 23.6. The molecule has 0 radical (unpaired) electrons. The highest BCUT2D eigenvalue weighted by molar-refractivity contribution is 6.11. The topological polar surface area (TPSA) is 25.2 Å². The van der Waals surface area contributed by atoms with E-state index in [9.17, 15) is 0 Å². The van der Waals surface area contributed by atoms with Crippen molar-refractivity contribution in [1.82, 2.24) is 0 Å². The molecule has 2 nitrogen and oxygen atoms in total. The fraction of sp³-hybridized carbons (Fsp3) is 0.0833. The number of fused-ring (bicyclic) bond motifs is 6. The molecule has 1 aliphatic heterocycles. The van der Waals surface area contributed by atoms with Gasteiger partial charge < -0.3 is 9.73 Å². The van der Waals surface area contributed by atoms with Crippen LogP contribution in [0.2, 0.25) is 0 Å². The highest BCUT2D eigenvalue weighted by Gasteiger charge is 2.31. The number of para-hydroxylation sites is 2. The number of hydrogen-bond acceptors (Lipinski definition) is 2. The van der Waals surface area contributed by atoms with Crippen molar-refractivity contribution in [3.63, 3.8) is 0 Å². The molecule has 1 aliphatic carbocycles. The highest BCUT2D eigenvalue weighted by atomic mass is 16.3. The normalized spacial score (nSPS) is 20.7. The maximum Gasteiger partial charge on any atom is 0.136 e. The van der Waals surface area contributed by atoms with Gasteiger partial charge >= 0.3 is 0 Å². The predicted molar refractivity (Wildman–Crippen MR) is 107 cm³/mol. The molecule has 3 aromatic carbocycles. The van der Waals surface area contributed by atoms with Gasteiger partial charge in [-0.15, -0.1) is 0 Å². The Hall–Kier alpha value is -3.26. The lowest BCUT2D eigenvalue weighted by atomic mass is 9.85. The van der Waals surface area contributed by atoms with Crippen LogP contribution in [0, 0.1) is 0 Å². The number of furan rings is 1. The summed E-state index contributed by atoms with van der Waals surface area (Å²) in [4.78, 5) is 0. The molecule has 2 aliphatic rings. The zero-order chi connectivity index (χ0) is 17.1. The summed E-state index contributed by atoms with van der Waals surface area (Å²) >= 11 is 0. The van der Waals surface area contributed by atoms with Gasteiger partial charge in [0.2, 0.25) is 0 Å². The van der Waals surface area contributed by atoms with Gasteiger partial charge in [-0.25, -0.2) is 0 Å². The summed E-state index contributed by atoms with van der Waals surface area (Å²) in [5.41, 5.74) is 7.03. The molecular weight excluding hydrogens is 318 g/mol. The van der Waals surface area contributed by atoms with Gasteiger partial charge in [-0.3, -0.25) is 0 Å². The predicted octanol–water partition coefficient (Wildman–Crippen LogP) is 6.12. The zero-order valence-electron chi connectivity index (χ0n) is 14.1. The molecule has 0 amide bonds. The van der Waals surface area contributed by atoms with E-state index < -0.39 is 0 Å². The third-order valence-electron chi connectivity index (χ3n) is 5.58. The van der Waals surface area contributed by atoms with E-state index in [0.717, 1.165) is 11.2 Å². The van der Waals surface area contributed by atoms with E-state index in [-0.39, 0.29) is 0 Å². The van der Waals surface area contributed by atoms with Crippen molar-refractivity contribution in [1.29, 1.82) is 0 Å². The smallest absolute Gasteiger partial charge is 0.136 e. The molecule has 2 heteroatoms. The van der Waals surface area contributed by atoms with Gasteiger partial charge in [0.1, 0.15) is 11.2 Å². The Labute approximate surface area is 151 Å². The van der Waals surface area contributed by atoms with Gasteiger partial charge in [-0.2, -0.15) is 0 Å². The Morgan fingerprint density at radius 1 is 0.808 bits per heavy atom. The summed E-state index contributed by atoms with van der Waals surface area (Å²) in [6.45, 7) is 0. The van der Waals surface area contributed by atoms with Crippen LogP contribution in [0.4, 0.5) is 5.69 Å². The average Bonchev–Trinajstić information content (AvgIpc) is 3.25. The standard InChI is InChI=1S/C24H17NO/c1-3-9-20-17(6-1)19-14-15(12-13-21(19)25-20)16-8-5-11-23-24(16)18-7-2-4-10-22(18)26-23/h1-14,19,21,25H. The molecule has 0 saturated heterocycles. The van der Waals surface area contributed by atoms with E-state index in [1.807, 2.05) is 12.1 Å². The molecule has 1 aromatic heterocycles. The molecule has 0 bridgehead atoms. The summed E-state index contributed by atoms with van der Waals surface area (Å²) in [5.74, 6) is 0.375. The quantitative estimate of drug-likeness (QED) is 0.453. The first-order chi connectivity index (χ1) is 12.9. The Kier molecular flexibility index (Phi) is 2.75. The molecule has 26 heavy (non-hydrogen) atoms. The molecule has 6 rings (SSSR count). The maximum atomic E-state index is 6.06. The maximum absolute atomic E-state index is 6.06. The Bertz CT molecular complexity index is 1230. The third kappa shape index (κ3) is 1.87. The van der Waals surface area contributed by atoms with Gasteiger partial charge in [-0.05, 0) is 34.9 Å². The Morgan fingerprint density at radius 3 is 2.65 bits per heavy atom. The lowest BCUT2D eigenvalue weighted by Gasteiger charge is -2.20. The van der Waals surface area contributed by atoms with E-state index in [4.69, 9.17) is 4.42 Å². The fourth-order valence-corrected chi connectivity index (χ4v) is 4.39. The molecule has 0 fully saturated rings. The summed E-state index contributed by atoms with van der Waals surface area (Å²) in [7, 11) is 0. The molecule has 0 saturated carbocycles. The van der Waals surface area contributed by atoms with E-state index in [2.05, 4.69) is 78.1 Å². The van der Waals surface area contributed by atoms with Crippen molar-refractivity contribution in [3.8, 4) is 0 Å². The van der Waals surface area contributed by atoms with Crippen LogP contribution in [0.5, 0.6) is 0 Å². The van der Waals surface area contributed by atoms with Crippen LogP contribution in [0.3, 0.4) is 0 Å². The second-order valence-corrected chi connectivity index (χ2v) is 7.04. The second-order valence-electron chi connectivity index (χ2n) is 7.04. The van der Waals surface area contributed by atoms with Crippen molar-refractivity contribution in [2.75, 3.05) is 5.32 Å². The largest absolute Gasteiger partial charge is 0.456 e. The van der Waals surface area contributed by atoms with Crippen molar-refractivity contribution in [3.05, 3.63) is 96.1 Å². The number of anilines is 1. The van der Waals surface area contributed by atoms with Crippen LogP contribution in [0.25, 0.3) is 27.5 Å². The van der Waals surface area contributed by atoms with Gasteiger partial charge in [0.25, 0.3) is 0 Å². The van der Waals surface area contributed by atoms with Crippen molar-refractivity contribution >= 4 is 33.2 Å². The van der Waals surface area contributed by atoms with Crippen LogP contribution in [-0.2, 0) is 0 Å². The molecule has 124 valence electrons. The van der Waals surface area contributed by atoms with E-state index >= 15 is 0 Å². The van der Waals surface area contributed by atoms with Crippen LogP contribution in [0.1, 0.15) is 17.0 Å². The van der Waals surface area contributed by atoms with Crippen molar-refractivity contribution in [2.24, 2.45) is 0 Å². The van der Waals surface area contributed by atoms with E-state index in [1.165, 1.54) is 33.2 Å². The minimum absolute atomic E-state index is 0.344. The van der Waals surface area contributed by atoms with Gasteiger partial charge in [0.15, 0.2) is 0 Å². The zero-order valence-corrected chi connectivity index (χ0v) is 14.1. The second kappa shape index (κ2) is 5.12. The van der Waals surface area contributed by atoms with Gasteiger partial charge in [0.05, 0.1) is 6.04 Å². The lowest BCUT2D eigenvalue weighted by Crippen LogP contribution is -2.18. The average molecular weight is 335 g/mol.